The standard InChI is InChI=1S/C13H17N3O3S2/c1-2-3-12(17)14-13-10-6-20-7-11(10)15-16(13)9-4-5-21(18,19)8-9/h2-3,9H,4-8H2,1H3,(H,14,17)/b3-2-. The van der Waals surface area contributed by atoms with Gasteiger partial charge in [0.05, 0.1) is 23.2 Å². The Labute approximate surface area is 127 Å². The number of thioether (sulfide) groups is 1. The Morgan fingerprint density at radius 3 is 2.95 bits per heavy atom. The summed E-state index contributed by atoms with van der Waals surface area (Å²) in [5.41, 5.74) is 1.99. The minimum absolute atomic E-state index is 0.104. The minimum atomic E-state index is -2.98. The average Bonchev–Trinajstić information content (AvgIpc) is 3.06. The second-order valence-corrected chi connectivity index (χ2v) is 8.47. The molecule has 1 saturated heterocycles. The molecule has 1 amide bonds. The normalized spacial score (nSPS) is 23.6. The van der Waals surface area contributed by atoms with Crippen LogP contribution in [-0.4, -0.2) is 35.6 Å². The van der Waals surface area contributed by atoms with Crippen LogP contribution in [0.4, 0.5) is 5.82 Å². The van der Waals surface area contributed by atoms with Gasteiger partial charge < -0.3 is 5.32 Å². The lowest BCUT2D eigenvalue weighted by Gasteiger charge is -2.14. The van der Waals surface area contributed by atoms with Crippen LogP contribution in [0, 0.1) is 0 Å². The van der Waals surface area contributed by atoms with Crippen molar-refractivity contribution in [3.05, 3.63) is 23.4 Å². The van der Waals surface area contributed by atoms with Crippen LogP contribution in [0.25, 0.3) is 0 Å². The van der Waals surface area contributed by atoms with E-state index in [1.165, 1.54) is 6.08 Å². The number of hydrogen-bond acceptors (Lipinski definition) is 5. The molecule has 0 bridgehead atoms. The molecule has 0 radical (unpaired) electrons. The summed E-state index contributed by atoms with van der Waals surface area (Å²) in [5.74, 6) is 2.38. The molecule has 3 heterocycles. The van der Waals surface area contributed by atoms with E-state index in [0.717, 1.165) is 22.8 Å². The molecule has 1 atom stereocenters. The van der Waals surface area contributed by atoms with E-state index in [1.807, 2.05) is 0 Å². The molecule has 6 nitrogen and oxygen atoms in total. The van der Waals surface area contributed by atoms with E-state index in [2.05, 4.69) is 10.4 Å². The van der Waals surface area contributed by atoms with Crippen LogP contribution in [0.15, 0.2) is 12.2 Å². The molecular weight excluding hydrogens is 310 g/mol. The van der Waals surface area contributed by atoms with Crippen molar-refractivity contribution in [2.75, 3.05) is 16.8 Å². The first kappa shape index (κ1) is 14.6. The van der Waals surface area contributed by atoms with E-state index < -0.39 is 9.84 Å². The molecule has 0 aromatic carbocycles. The molecule has 1 aromatic heterocycles. The predicted octanol–water partition coefficient (Wildman–Crippen LogP) is 1.50. The maximum atomic E-state index is 11.8. The number of nitrogens with zero attached hydrogens (tertiary/aromatic N) is 2. The zero-order valence-corrected chi connectivity index (χ0v) is 13.3. The molecule has 2 aliphatic rings. The fourth-order valence-corrected chi connectivity index (χ4v) is 5.43. The van der Waals surface area contributed by atoms with Crippen molar-refractivity contribution in [2.45, 2.75) is 30.9 Å². The molecule has 1 unspecified atom stereocenters. The third kappa shape index (κ3) is 2.87. The summed E-state index contributed by atoms with van der Waals surface area (Å²) in [6, 6.07) is -0.175. The molecule has 8 heteroatoms. The summed E-state index contributed by atoms with van der Waals surface area (Å²) < 4.78 is 25.1. The Kier molecular flexibility index (Phi) is 3.83. The van der Waals surface area contributed by atoms with Crippen LogP contribution in [-0.2, 0) is 26.1 Å². The molecule has 1 fully saturated rings. The van der Waals surface area contributed by atoms with E-state index in [9.17, 15) is 13.2 Å². The first-order valence-corrected chi connectivity index (χ1v) is 9.80. The zero-order chi connectivity index (χ0) is 15.0. The first-order valence-electron chi connectivity index (χ1n) is 6.82. The lowest BCUT2D eigenvalue weighted by Crippen LogP contribution is -2.19. The highest BCUT2D eigenvalue weighted by Crippen LogP contribution is 2.38. The highest BCUT2D eigenvalue weighted by molar-refractivity contribution is 7.98. The summed E-state index contributed by atoms with van der Waals surface area (Å²) in [5, 5.41) is 7.41. The summed E-state index contributed by atoms with van der Waals surface area (Å²) in [6.45, 7) is 1.78. The molecule has 1 aromatic rings. The van der Waals surface area contributed by atoms with Crippen LogP contribution in [0.2, 0.25) is 0 Å². The number of rotatable bonds is 3. The summed E-state index contributed by atoms with van der Waals surface area (Å²) in [4.78, 5) is 11.8. The number of nitrogens with one attached hydrogen (secondary N) is 1. The number of fused-ring (bicyclic) bond motifs is 1. The zero-order valence-electron chi connectivity index (χ0n) is 11.7. The summed E-state index contributed by atoms with van der Waals surface area (Å²) in [7, 11) is -2.98. The molecular formula is C13H17N3O3S2. The highest BCUT2D eigenvalue weighted by atomic mass is 32.2. The fraction of sp³-hybridized carbons (Fsp3) is 0.538. The van der Waals surface area contributed by atoms with Gasteiger partial charge >= 0.3 is 0 Å². The van der Waals surface area contributed by atoms with Crippen LogP contribution in [0.3, 0.4) is 0 Å². The van der Waals surface area contributed by atoms with E-state index in [0.29, 0.717) is 12.2 Å². The number of carbonyl (C=O) groups is 1. The average molecular weight is 327 g/mol. The third-order valence-electron chi connectivity index (χ3n) is 3.69. The van der Waals surface area contributed by atoms with Gasteiger partial charge in [0.1, 0.15) is 5.82 Å². The summed E-state index contributed by atoms with van der Waals surface area (Å²) >= 11 is 1.75. The van der Waals surface area contributed by atoms with E-state index in [1.54, 1.807) is 29.4 Å². The van der Waals surface area contributed by atoms with Crippen molar-refractivity contribution in [3.8, 4) is 0 Å². The van der Waals surface area contributed by atoms with Crippen molar-refractivity contribution in [3.63, 3.8) is 0 Å². The van der Waals surface area contributed by atoms with E-state index in [4.69, 9.17) is 0 Å². The van der Waals surface area contributed by atoms with Crippen molar-refractivity contribution < 1.29 is 13.2 Å². The number of aromatic nitrogens is 2. The Morgan fingerprint density at radius 2 is 2.29 bits per heavy atom. The molecule has 0 saturated carbocycles. The van der Waals surface area contributed by atoms with Gasteiger partial charge in [0, 0.05) is 17.1 Å². The van der Waals surface area contributed by atoms with Crippen LogP contribution < -0.4 is 5.32 Å². The SMILES string of the molecule is C/C=C\C(=O)Nc1c2c(nn1C1CCS(=O)(=O)C1)CSC2. The minimum Gasteiger partial charge on any atom is -0.307 e. The Balaban J connectivity index is 1.95. The van der Waals surface area contributed by atoms with Gasteiger partial charge in [-0.2, -0.15) is 16.9 Å². The number of hydrogen-bond donors (Lipinski definition) is 1. The first-order chi connectivity index (χ1) is 10.00. The Hall–Kier alpha value is -1.28. The molecule has 1 N–H and O–H groups in total. The van der Waals surface area contributed by atoms with Crippen LogP contribution >= 0.6 is 11.8 Å². The lowest BCUT2D eigenvalue weighted by molar-refractivity contribution is -0.112. The highest BCUT2D eigenvalue weighted by Gasteiger charge is 2.34. The van der Waals surface area contributed by atoms with Crippen LogP contribution in [0.1, 0.15) is 30.6 Å². The topological polar surface area (TPSA) is 81.1 Å². The van der Waals surface area contributed by atoms with Gasteiger partial charge in [0.2, 0.25) is 5.91 Å². The molecule has 2 aliphatic heterocycles. The maximum Gasteiger partial charge on any atom is 0.249 e. The molecule has 3 rings (SSSR count). The summed E-state index contributed by atoms with van der Waals surface area (Å²) in [6.07, 6.45) is 3.69. The van der Waals surface area contributed by atoms with Gasteiger partial charge in [-0.15, -0.1) is 0 Å². The van der Waals surface area contributed by atoms with Gasteiger partial charge in [-0.1, -0.05) is 6.08 Å². The number of amides is 1. The van der Waals surface area contributed by atoms with Crippen LogP contribution in [0.5, 0.6) is 0 Å². The van der Waals surface area contributed by atoms with Gasteiger partial charge in [0.25, 0.3) is 0 Å². The quantitative estimate of drug-likeness (QED) is 0.851. The van der Waals surface area contributed by atoms with E-state index >= 15 is 0 Å². The Bertz CT molecular complexity index is 706. The number of allylic oxidation sites excluding steroid dienone is 1. The van der Waals surface area contributed by atoms with Crippen molar-refractivity contribution >= 4 is 33.3 Å². The van der Waals surface area contributed by atoms with Crippen molar-refractivity contribution in [2.24, 2.45) is 0 Å². The second kappa shape index (κ2) is 5.49. The number of carbonyl (C=O) groups excluding carboxylic acids is 1. The molecule has 0 aliphatic carbocycles. The second-order valence-electron chi connectivity index (χ2n) is 5.26. The monoisotopic (exact) mass is 327 g/mol. The lowest BCUT2D eigenvalue weighted by atomic mass is 10.2. The van der Waals surface area contributed by atoms with Gasteiger partial charge in [-0.3, -0.25) is 4.79 Å². The van der Waals surface area contributed by atoms with E-state index in [-0.39, 0.29) is 23.5 Å². The van der Waals surface area contributed by atoms with Gasteiger partial charge in [-0.05, 0) is 19.4 Å². The molecule has 0 spiro atoms. The van der Waals surface area contributed by atoms with Crippen molar-refractivity contribution in [1.82, 2.24) is 9.78 Å². The Morgan fingerprint density at radius 1 is 1.48 bits per heavy atom. The predicted molar refractivity (Wildman–Crippen MR) is 83.0 cm³/mol. The number of sulfone groups is 1. The number of anilines is 1. The third-order valence-corrected chi connectivity index (χ3v) is 6.41. The largest absolute Gasteiger partial charge is 0.307 e. The molecule has 114 valence electrons. The maximum absolute atomic E-state index is 11.8. The van der Waals surface area contributed by atoms with Gasteiger partial charge in [0.15, 0.2) is 9.84 Å². The van der Waals surface area contributed by atoms with Gasteiger partial charge in [-0.25, -0.2) is 13.1 Å². The van der Waals surface area contributed by atoms with Crippen molar-refractivity contribution in [1.29, 1.82) is 0 Å². The molecule has 21 heavy (non-hydrogen) atoms. The smallest absolute Gasteiger partial charge is 0.249 e. The fourth-order valence-electron chi connectivity index (χ4n) is 2.71.